The van der Waals surface area contributed by atoms with Crippen LogP contribution in [0.3, 0.4) is 0 Å². The van der Waals surface area contributed by atoms with Gasteiger partial charge >= 0.3 is 0 Å². The van der Waals surface area contributed by atoms with Gasteiger partial charge < -0.3 is 10.2 Å². The molecule has 0 unspecified atom stereocenters. The van der Waals surface area contributed by atoms with E-state index in [-0.39, 0.29) is 5.91 Å². The van der Waals surface area contributed by atoms with Crippen LogP contribution in [0.4, 0.5) is 5.69 Å². The van der Waals surface area contributed by atoms with Crippen molar-refractivity contribution in [1.29, 1.82) is 0 Å². The number of nitrogens with one attached hydrogen (secondary N) is 1. The van der Waals surface area contributed by atoms with Crippen molar-refractivity contribution >= 4 is 11.6 Å². The van der Waals surface area contributed by atoms with Crippen LogP contribution in [0.25, 0.3) is 0 Å². The molecule has 0 aliphatic heterocycles. The van der Waals surface area contributed by atoms with E-state index in [1.54, 1.807) is 6.20 Å². The summed E-state index contributed by atoms with van der Waals surface area (Å²) in [7, 11) is 0. The highest BCUT2D eigenvalue weighted by Crippen LogP contribution is 2.20. The average molecular weight is 325 g/mol. The summed E-state index contributed by atoms with van der Waals surface area (Å²) < 4.78 is 0. The third-order valence-corrected chi connectivity index (χ3v) is 3.95. The topological polar surface area (TPSA) is 45.2 Å². The van der Waals surface area contributed by atoms with E-state index in [0.29, 0.717) is 18.2 Å². The monoisotopic (exact) mass is 325 g/mol. The molecule has 4 heteroatoms. The summed E-state index contributed by atoms with van der Waals surface area (Å²) in [5.41, 5.74) is 2.82. The van der Waals surface area contributed by atoms with E-state index in [2.05, 4.69) is 48.1 Å². The predicted octanol–water partition coefficient (Wildman–Crippen LogP) is 4.03. The summed E-state index contributed by atoms with van der Waals surface area (Å²) >= 11 is 0. The minimum Gasteiger partial charge on any atom is -0.364 e. The smallest absolute Gasteiger partial charge is 0.252 e. The fraction of sp³-hybridized carbons (Fsp3) is 0.400. The molecule has 0 radical (unpaired) electrons. The Kier molecular flexibility index (Phi) is 6.79. The highest BCUT2D eigenvalue weighted by atomic mass is 16.1. The Morgan fingerprint density at radius 2 is 1.96 bits per heavy atom. The number of unbranched alkanes of at least 4 members (excludes halogenated alkanes) is 1. The number of hydrogen-bond donors (Lipinski definition) is 1. The summed E-state index contributed by atoms with van der Waals surface area (Å²) in [4.78, 5) is 18.8. The van der Waals surface area contributed by atoms with Gasteiger partial charge in [0, 0.05) is 25.3 Å². The SMILES string of the molecule is CCCCNC(=O)c1cncc(N(Cc2ccccc2)C(C)C)c1. The molecule has 2 rings (SSSR count). The summed E-state index contributed by atoms with van der Waals surface area (Å²) in [5, 5.41) is 2.95. The molecule has 1 amide bonds. The largest absolute Gasteiger partial charge is 0.364 e. The van der Waals surface area contributed by atoms with Gasteiger partial charge in [-0.25, -0.2) is 0 Å². The Morgan fingerprint density at radius 1 is 1.21 bits per heavy atom. The Bertz CT molecular complexity index is 640. The molecule has 4 nitrogen and oxygen atoms in total. The van der Waals surface area contributed by atoms with Crippen molar-refractivity contribution in [3.63, 3.8) is 0 Å². The Hall–Kier alpha value is -2.36. The van der Waals surface area contributed by atoms with Crippen LogP contribution in [-0.2, 0) is 6.54 Å². The van der Waals surface area contributed by atoms with E-state index in [9.17, 15) is 4.79 Å². The number of carbonyl (C=O) groups is 1. The third kappa shape index (κ3) is 5.08. The zero-order chi connectivity index (χ0) is 17.4. The molecule has 1 N–H and O–H groups in total. The van der Waals surface area contributed by atoms with Gasteiger partial charge in [0.1, 0.15) is 0 Å². The molecule has 0 aliphatic rings. The van der Waals surface area contributed by atoms with Gasteiger partial charge in [-0.2, -0.15) is 0 Å². The van der Waals surface area contributed by atoms with Crippen molar-refractivity contribution in [3.05, 3.63) is 59.9 Å². The normalized spacial score (nSPS) is 10.7. The van der Waals surface area contributed by atoms with Crippen LogP contribution in [-0.4, -0.2) is 23.5 Å². The number of carbonyl (C=O) groups excluding carboxylic acids is 1. The number of aromatic nitrogens is 1. The highest BCUT2D eigenvalue weighted by molar-refractivity contribution is 5.94. The summed E-state index contributed by atoms with van der Waals surface area (Å²) in [5.74, 6) is -0.0544. The summed E-state index contributed by atoms with van der Waals surface area (Å²) in [6, 6.07) is 12.6. The van der Waals surface area contributed by atoms with E-state index in [1.807, 2.05) is 30.5 Å². The Balaban J connectivity index is 2.15. The Morgan fingerprint density at radius 3 is 2.62 bits per heavy atom. The molecule has 1 aromatic carbocycles. The minimum absolute atomic E-state index is 0.0544. The molecule has 128 valence electrons. The highest BCUT2D eigenvalue weighted by Gasteiger charge is 2.14. The van der Waals surface area contributed by atoms with Crippen molar-refractivity contribution in [3.8, 4) is 0 Å². The first-order valence-electron chi connectivity index (χ1n) is 8.65. The standard InChI is InChI=1S/C20H27N3O/c1-4-5-11-22-20(24)18-12-19(14-21-13-18)23(16(2)3)15-17-9-7-6-8-10-17/h6-10,12-14,16H,4-5,11,15H2,1-3H3,(H,22,24). The van der Waals surface area contributed by atoms with Crippen LogP contribution in [0.1, 0.15) is 49.5 Å². The number of benzene rings is 1. The lowest BCUT2D eigenvalue weighted by Crippen LogP contribution is -2.31. The van der Waals surface area contributed by atoms with Crippen molar-refractivity contribution in [2.24, 2.45) is 0 Å². The number of nitrogens with zero attached hydrogens (tertiary/aromatic N) is 2. The minimum atomic E-state index is -0.0544. The van der Waals surface area contributed by atoms with Crippen molar-refractivity contribution < 1.29 is 4.79 Å². The Labute approximate surface area is 144 Å². The lowest BCUT2D eigenvalue weighted by atomic mass is 10.1. The maximum Gasteiger partial charge on any atom is 0.252 e. The van der Waals surface area contributed by atoms with Crippen molar-refractivity contribution in [2.45, 2.75) is 46.2 Å². The second-order valence-corrected chi connectivity index (χ2v) is 6.25. The number of anilines is 1. The number of pyridine rings is 1. The zero-order valence-electron chi connectivity index (χ0n) is 14.8. The van der Waals surface area contributed by atoms with Gasteiger partial charge in [-0.3, -0.25) is 9.78 Å². The first-order chi connectivity index (χ1) is 11.6. The van der Waals surface area contributed by atoms with Crippen LogP contribution in [0.15, 0.2) is 48.8 Å². The van der Waals surface area contributed by atoms with Gasteiger partial charge in [-0.05, 0) is 31.9 Å². The van der Waals surface area contributed by atoms with E-state index in [4.69, 9.17) is 0 Å². The molecule has 0 spiro atoms. The molecular formula is C20H27N3O. The van der Waals surface area contributed by atoms with Crippen LogP contribution < -0.4 is 10.2 Å². The first kappa shape index (κ1) is 18.0. The van der Waals surface area contributed by atoms with Gasteiger partial charge in [-0.1, -0.05) is 43.7 Å². The zero-order valence-corrected chi connectivity index (χ0v) is 14.8. The fourth-order valence-electron chi connectivity index (χ4n) is 2.54. The van der Waals surface area contributed by atoms with Crippen LogP contribution in [0.2, 0.25) is 0 Å². The van der Waals surface area contributed by atoms with Gasteiger partial charge in [0.2, 0.25) is 0 Å². The molecule has 0 bridgehead atoms. The van der Waals surface area contributed by atoms with Crippen LogP contribution >= 0.6 is 0 Å². The number of amides is 1. The maximum absolute atomic E-state index is 12.3. The molecule has 0 saturated heterocycles. The second kappa shape index (κ2) is 9.06. The first-order valence-corrected chi connectivity index (χ1v) is 8.65. The number of hydrogen-bond acceptors (Lipinski definition) is 3. The van der Waals surface area contributed by atoms with Gasteiger partial charge in [0.15, 0.2) is 0 Å². The molecule has 0 atom stereocenters. The molecule has 1 heterocycles. The average Bonchev–Trinajstić information content (AvgIpc) is 2.60. The third-order valence-electron chi connectivity index (χ3n) is 3.95. The second-order valence-electron chi connectivity index (χ2n) is 6.25. The van der Waals surface area contributed by atoms with Gasteiger partial charge in [-0.15, -0.1) is 0 Å². The van der Waals surface area contributed by atoms with E-state index < -0.39 is 0 Å². The van der Waals surface area contributed by atoms with Crippen molar-refractivity contribution in [2.75, 3.05) is 11.4 Å². The molecule has 24 heavy (non-hydrogen) atoms. The van der Waals surface area contributed by atoms with Crippen LogP contribution in [0, 0.1) is 0 Å². The summed E-state index contributed by atoms with van der Waals surface area (Å²) in [6.45, 7) is 7.91. The van der Waals surface area contributed by atoms with Crippen LogP contribution in [0.5, 0.6) is 0 Å². The van der Waals surface area contributed by atoms with Crippen molar-refractivity contribution in [1.82, 2.24) is 10.3 Å². The predicted molar refractivity (Wildman–Crippen MR) is 99.2 cm³/mol. The molecular weight excluding hydrogens is 298 g/mol. The van der Waals surface area contributed by atoms with E-state index in [0.717, 1.165) is 25.1 Å². The molecule has 1 aromatic heterocycles. The van der Waals surface area contributed by atoms with Gasteiger partial charge in [0.25, 0.3) is 5.91 Å². The lowest BCUT2D eigenvalue weighted by molar-refractivity contribution is 0.0953. The molecule has 0 saturated carbocycles. The molecule has 0 aliphatic carbocycles. The number of rotatable bonds is 8. The quantitative estimate of drug-likeness (QED) is 0.745. The van der Waals surface area contributed by atoms with Gasteiger partial charge in [0.05, 0.1) is 17.4 Å². The fourth-order valence-corrected chi connectivity index (χ4v) is 2.54. The van der Waals surface area contributed by atoms with E-state index in [1.165, 1.54) is 5.56 Å². The van der Waals surface area contributed by atoms with E-state index >= 15 is 0 Å². The summed E-state index contributed by atoms with van der Waals surface area (Å²) in [6.07, 6.45) is 5.51. The molecule has 2 aromatic rings. The molecule has 0 fully saturated rings. The maximum atomic E-state index is 12.3. The lowest BCUT2D eigenvalue weighted by Gasteiger charge is -2.29.